The molecule has 1 saturated heterocycles. The lowest BCUT2D eigenvalue weighted by Gasteiger charge is -2.09. The largest absolute Gasteiger partial charge is 0.398 e. The highest BCUT2D eigenvalue weighted by Gasteiger charge is 2.16. The van der Waals surface area contributed by atoms with E-state index in [1.807, 2.05) is 12.1 Å². The van der Waals surface area contributed by atoms with Gasteiger partial charge in [0.2, 0.25) is 0 Å². The second-order valence-corrected chi connectivity index (χ2v) is 6.96. The van der Waals surface area contributed by atoms with Gasteiger partial charge in [-0.25, -0.2) is 0 Å². The van der Waals surface area contributed by atoms with Crippen molar-refractivity contribution in [3.8, 4) is 0 Å². The molecular formula is C13H18BrNO2S. The molecule has 1 aromatic carbocycles. The summed E-state index contributed by atoms with van der Waals surface area (Å²) in [6, 6.07) is 5.51. The number of anilines is 1. The maximum atomic E-state index is 12.1. The highest BCUT2D eigenvalue weighted by molar-refractivity contribution is 9.10. The monoisotopic (exact) mass is 331 g/mol. The SMILES string of the molecule is Nc1cc(Br)ccc1S(=O)CCCC1CCCO1. The van der Waals surface area contributed by atoms with Crippen LogP contribution in [0.2, 0.25) is 0 Å². The van der Waals surface area contributed by atoms with Crippen LogP contribution in [0, 0.1) is 0 Å². The third kappa shape index (κ3) is 3.80. The zero-order chi connectivity index (χ0) is 13.0. The third-order valence-corrected chi connectivity index (χ3v) is 5.11. The number of rotatable bonds is 5. The molecule has 2 rings (SSSR count). The van der Waals surface area contributed by atoms with Gasteiger partial charge in [0, 0.05) is 22.5 Å². The van der Waals surface area contributed by atoms with E-state index in [0.717, 1.165) is 41.7 Å². The molecule has 18 heavy (non-hydrogen) atoms. The van der Waals surface area contributed by atoms with Gasteiger partial charge >= 0.3 is 0 Å². The zero-order valence-electron chi connectivity index (χ0n) is 10.2. The van der Waals surface area contributed by atoms with E-state index in [1.165, 1.54) is 0 Å². The van der Waals surface area contributed by atoms with Gasteiger partial charge in [-0.15, -0.1) is 0 Å². The van der Waals surface area contributed by atoms with Gasteiger partial charge in [0.25, 0.3) is 0 Å². The molecule has 0 radical (unpaired) electrons. The summed E-state index contributed by atoms with van der Waals surface area (Å²) in [7, 11) is -1.00. The first kappa shape index (κ1) is 14.0. The van der Waals surface area contributed by atoms with Crippen LogP contribution in [-0.2, 0) is 15.5 Å². The van der Waals surface area contributed by atoms with Crippen molar-refractivity contribution in [3.63, 3.8) is 0 Å². The minimum Gasteiger partial charge on any atom is -0.398 e. The Hall–Kier alpha value is -0.390. The number of halogens is 1. The fourth-order valence-electron chi connectivity index (χ4n) is 2.15. The summed E-state index contributed by atoms with van der Waals surface area (Å²) in [5.41, 5.74) is 6.47. The van der Waals surface area contributed by atoms with Gasteiger partial charge < -0.3 is 10.5 Å². The molecule has 1 heterocycles. The van der Waals surface area contributed by atoms with Gasteiger partial charge in [0.15, 0.2) is 0 Å². The second kappa shape index (κ2) is 6.68. The Morgan fingerprint density at radius 2 is 2.33 bits per heavy atom. The van der Waals surface area contributed by atoms with Crippen LogP contribution >= 0.6 is 15.9 Å². The number of nitrogen functional groups attached to an aromatic ring is 1. The average molecular weight is 332 g/mol. The Balaban J connectivity index is 1.83. The molecule has 0 saturated carbocycles. The first-order valence-corrected chi connectivity index (χ1v) is 8.33. The number of hydrogen-bond acceptors (Lipinski definition) is 3. The van der Waals surface area contributed by atoms with Crippen LogP contribution in [-0.4, -0.2) is 22.7 Å². The van der Waals surface area contributed by atoms with Gasteiger partial charge in [-0.2, -0.15) is 0 Å². The molecule has 5 heteroatoms. The van der Waals surface area contributed by atoms with E-state index in [0.29, 0.717) is 17.5 Å². The zero-order valence-corrected chi connectivity index (χ0v) is 12.6. The normalized spacial score (nSPS) is 21.1. The van der Waals surface area contributed by atoms with Crippen LogP contribution in [0.4, 0.5) is 5.69 Å². The minimum atomic E-state index is -1.00. The van der Waals surface area contributed by atoms with E-state index >= 15 is 0 Å². The molecule has 2 atom stereocenters. The van der Waals surface area contributed by atoms with Gasteiger partial charge in [-0.1, -0.05) is 15.9 Å². The highest BCUT2D eigenvalue weighted by atomic mass is 79.9. The quantitative estimate of drug-likeness (QED) is 0.843. The molecule has 0 spiro atoms. The predicted molar refractivity (Wildman–Crippen MR) is 78.0 cm³/mol. The molecule has 100 valence electrons. The Morgan fingerprint density at radius 3 is 3.00 bits per heavy atom. The van der Waals surface area contributed by atoms with E-state index in [4.69, 9.17) is 10.5 Å². The smallest absolute Gasteiger partial charge is 0.0618 e. The van der Waals surface area contributed by atoms with Crippen LogP contribution in [0.1, 0.15) is 25.7 Å². The summed E-state index contributed by atoms with van der Waals surface area (Å²) in [5, 5.41) is 0. The molecule has 3 nitrogen and oxygen atoms in total. The van der Waals surface area contributed by atoms with Gasteiger partial charge in [0.05, 0.1) is 21.8 Å². The van der Waals surface area contributed by atoms with Crippen LogP contribution in [0.3, 0.4) is 0 Å². The molecule has 2 unspecified atom stereocenters. The molecule has 0 amide bonds. The van der Waals surface area contributed by atoms with Crippen LogP contribution in [0.5, 0.6) is 0 Å². The molecule has 1 aliphatic rings. The fourth-order valence-corrected chi connectivity index (χ4v) is 3.72. The maximum absolute atomic E-state index is 12.1. The van der Waals surface area contributed by atoms with Crippen molar-refractivity contribution >= 4 is 32.4 Å². The van der Waals surface area contributed by atoms with Crippen molar-refractivity contribution in [1.29, 1.82) is 0 Å². The Bertz CT molecular complexity index is 433. The molecule has 0 bridgehead atoms. The minimum absolute atomic E-state index is 0.379. The van der Waals surface area contributed by atoms with Crippen molar-refractivity contribution in [2.24, 2.45) is 0 Å². The van der Waals surface area contributed by atoms with E-state index in [1.54, 1.807) is 6.07 Å². The standard InChI is InChI=1S/C13H18BrNO2S/c14-10-5-6-13(12(15)9-10)18(16)8-2-4-11-3-1-7-17-11/h5-6,9,11H,1-4,7-8,15H2. The molecule has 1 aliphatic heterocycles. The number of hydrogen-bond donors (Lipinski definition) is 1. The molecule has 1 fully saturated rings. The average Bonchev–Trinajstić information content (AvgIpc) is 2.81. The summed E-state index contributed by atoms with van der Waals surface area (Å²) >= 11 is 3.35. The molecule has 0 aliphatic carbocycles. The van der Waals surface area contributed by atoms with Crippen molar-refractivity contribution in [2.45, 2.75) is 36.7 Å². The summed E-state index contributed by atoms with van der Waals surface area (Å²) in [6.07, 6.45) is 4.61. The van der Waals surface area contributed by atoms with Gasteiger partial charge in [-0.3, -0.25) is 4.21 Å². The van der Waals surface area contributed by atoms with Crippen molar-refractivity contribution < 1.29 is 8.95 Å². The molecular weight excluding hydrogens is 314 g/mol. The molecule has 0 aromatic heterocycles. The van der Waals surface area contributed by atoms with Crippen molar-refractivity contribution in [2.75, 3.05) is 18.1 Å². The lowest BCUT2D eigenvalue weighted by Crippen LogP contribution is -2.08. The van der Waals surface area contributed by atoms with Gasteiger partial charge in [-0.05, 0) is 43.9 Å². The van der Waals surface area contributed by atoms with Crippen LogP contribution < -0.4 is 5.73 Å². The Kier molecular flexibility index (Phi) is 5.21. The third-order valence-electron chi connectivity index (χ3n) is 3.10. The number of ether oxygens (including phenoxy) is 1. The molecule has 2 N–H and O–H groups in total. The van der Waals surface area contributed by atoms with Crippen molar-refractivity contribution in [1.82, 2.24) is 0 Å². The van der Waals surface area contributed by atoms with Crippen molar-refractivity contribution in [3.05, 3.63) is 22.7 Å². The summed E-state index contributed by atoms with van der Waals surface area (Å²) in [5.74, 6) is 0.658. The second-order valence-electron chi connectivity index (χ2n) is 4.51. The number of nitrogens with two attached hydrogens (primary N) is 1. The van der Waals surface area contributed by atoms with Crippen LogP contribution in [0.15, 0.2) is 27.6 Å². The predicted octanol–water partition coefficient (Wildman–Crippen LogP) is 3.10. The lowest BCUT2D eigenvalue weighted by molar-refractivity contribution is 0.104. The van der Waals surface area contributed by atoms with Gasteiger partial charge in [0.1, 0.15) is 0 Å². The van der Waals surface area contributed by atoms with E-state index in [-0.39, 0.29) is 0 Å². The summed E-state index contributed by atoms with van der Waals surface area (Å²) in [6.45, 7) is 0.882. The fraction of sp³-hybridized carbons (Fsp3) is 0.538. The van der Waals surface area contributed by atoms with E-state index in [9.17, 15) is 4.21 Å². The topological polar surface area (TPSA) is 52.3 Å². The number of benzene rings is 1. The Morgan fingerprint density at radius 1 is 1.50 bits per heavy atom. The summed E-state index contributed by atoms with van der Waals surface area (Å²) < 4.78 is 18.6. The van der Waals surface area contributed by atoms with E-state index < -0.39 is 10.8 Å². The first-order chi connectivity index (χ1) is 8.66. The van der Waals surface area contributed by atoms with Crippen LogP contribution in [0.25, 0.3) is 0 Å². The summed E-state index contributed by atoms with van der Waals surface area (Å²) in [4.78, 5) is 0.741. The maximum Gasteiger partial charge on any atom is 0.0618 e. The Labute approximate surface area is 119 Å². The van der Waals surface area contributed by atoms with E-state index in [2.05, 4.69) is 15.9 Å². The lowest BCUT2D eigenvalue weighted by atomic mass is 10.1. The molecule has 1 aromatic rings. The first-order valence-electron chi connectivity index (χ1n) is 6.22. The highest BCUT2D eigenvalue weighted by Crippen LogP contribution is 2.23.